The molecule has 36 heavy (non-hydrogen) atoms. The van der Waals surface area contributed by atoms with Crippen molar-refractivity contribution in [2.24, 2.45) is 0 Å². The van der Waals surface area contributed by atoms with E-state index >= 15 is 0 Å². The summed E-state index contributed by atoms with van der Waals surface area (Å²) in [5, 5.41) is 21.5. The Hall–Kier alpha value is -4.09. The molecule has 0 unspecified atom stereocenters. The van der Waals surface area contributed by atoms with Gasteiger partial charge in [0, 0.05) is 0 Å². The van der Waals surface area contributed by atoms with Crippen LogP contribution in [0.1, 0.15) is 46.9 Å². The summed E-state index contributed by atoms with van der Waals surface area (Å²) < 4.78 is 12.3. The summed E-state index contributed by atoms with van der Waals surface area (Å²) in [5.41, 5.74) is 2.46. The van der Waals surface area contributed by atoms with Crippen molar-refractivity contribution in [1.29, 1.82) is 5.26 Å². The Balaban J connectivity index is 1.80. The molecule has 0 aliphatic heterocycles. The van der Waals surface area contributed by atoms with E-state index in [1.54, 1.807) is 24.3 Å². The van der Waals surface area contributed by atoms with Crippen LogP contribution in [0.25, 0.3) is 6.08 Å². The second kappa shape index (κ2) is 12.6. The maximum atomic E-state index is 12.7. The van der Waals surface area contributed by atoms with E-state index < -0.39 is 11.9 Å². The third-order valence-electron chi connectivity index (χ3n) is 5.24. The van der Waals surface area contributed by atoms with Gasteiger partial charge in [-0.15, -0.1) is 0 Å². The van der Waals surface area contributed by atoms with Crippen molar-refractivity contribution < 1.29 is 24.2 Å². The molecule has 1 amide bonds. The molecule has 3 rings (SSSR count). The maximum absolute atomic E-state index is 12.7. The monoisotopic (exact) mass is 548 g/mol. The first kappa shape index (κ1) is 26.5. The highest BCUT2D eigenvalue weighted by molar-refractivity contribution is 9.10. The number of nitriles is 1. The third kappa shape index (κ3) is 6.96. The molecule has 1 atom stereocenters. The van der Waals surface area contributed by atoms with Gasteiger partial charge in [-0.05, 0) is 76.8 Å². The van der Waals surface area contributed by atoms with Gasteiger partial charge in [-0.3, -0.25) is 4.79 Å². The summed E-state index contributed by atoms with van der Waals surface area (Å²) in [4.78, 5) is 23.8. The topological polar surface area (TPSA) is 109 Å². The van der Waals surface area contributed by atoms with E-state index in [1.807, 2.05) is 50.2 Å². The molecular formula is C28H25BrN2O5. The summed E-state index contributed by atoms with van der Waals surface area (Å²) in [5.74, 6) is -0.576. The number of nitrogens with one attached hydrogen (secondary N) is 1. The van der Waals surface area contributed by atoms with Crippen molar-refractivity contribution in [1.82, 2.24) is 5.32 Å². The number of aromatic carboxylic acids is 1. The summed E-state index contributed by atoms with van der Waals surface area (Å²) in [6.07, 6.45) is 1.49. The maximum Gasteiger partial charge on any atom is 0.335 e. The van der Waals surface area contributed by atoms with Crippen LogP contribution in [0.5, 0.6) is 11.5 Å². The van der Waals surface area contributed by atoms with E-state index in [4.69, 9.17) is 14.6 Å². The summed E-state index contributed by atoms with van der Waals surface area (Å²) in [6.45, 7) is 4.26. The van der Waals surface area contributed by atoms with E-state index in [0.29, 0.717) is 28.1 Å². The van der Waals surface area contributed by atoms with E-state index in [0.717, 1.165) is 11.1 Å². The lowest BCUT2D eigenvalue weighted by Gasteiger charge is -2.16. The Morgan fingerprint density at radius 3 is 2.42 bits per heavy atom. The number of halogens is 1. The molecule has 0 aliphatic carbocycles. The molecule has 0 aromatic heterocycles. The van der Waals surface area contributed by atoms with Crippen molar-refractivity contribution >= 4 is 33.9 Å². The van der Waals surface area contributed by atoms with Gasteiger partial charge < -0.3 is 19.9 Å². The van der Waals surface area contributed by atoms with Crippen molar-refractivity contribution in [2.45, 2.75) is 26.5 Å². The fraction of sp³-hybridized carbons (Fsp3) is 0.179. The van der Waals surface area contributed by atoms with Gasteiger partial charge in [0.05, 0.1) is 22.7 Å². The second-order valence-corrected chi connectivity index (χ2v) is 8.68. The highest BCUT2D eigenvalue weighted by Gasteiger charge is 2.16. The number of hydrogen-bond donors (Lipinski definition) is 2. The normalized spacial score (nSPS) is 11.8. The van der Waals surface area contributed by atoms with E-state index in [-0.39, 0.29) is 23.8 Å². The molecule has 2 N–H and O–H groups in total. The minimum Gasteiger partial charge on any atom is -0.490 e. The molecule has 0 fully saturated rings. The number of amides is 1. The second-order valence-electron chi connectivity index (χ2n) is 7.83. The quantitative estimate of drug-likeness (QED) is 0.241. The predicted molar refractivity (Wildman–Crippen MR) is 140 cm³/mol. The lowest BCUT2D eigenvalue weighted by atomic mass is 10.1. The Kier molecular flexibility index (Phi) is 9.25. The number of nitrogens with zero attached hydrogens (tertiary/aromatic N) is 1. The fourth-order valence-corrected chi connectivity index (χ4v) is 3.96. The van der Waals surface area contributed by atoms with Crippen LogP contribution in [-0.4, -0.2) is 23.6 Å². The molecule has 0 aliphatic rings. The number of carboxylic acids is 1. The Bertz CT molecular complexity index is 1300. The Labute approximate surface area is 218 Å². The molecule has 3 aromatic rings. The first-order valence-corrected chi connectivity index (χ1v) is 12.0. The van der Waals surface area contributed by atoms with Crippen LogP contribution in [0.2, 0.25) is 0 Å². The zero-order valence-electron chi connectivity index (χ0n) is 19.8. The summed E-state index contributed by atoms with van der Waals surface area (Å²) in [6, 6.07) is 21.0. The Morgan fingerprint density at radius 1 is 1.11 bits per heavy atom. The predicted octanol–water partition coefficient (Wildman–Crippen LogP) is 5.91. The van der Waals surface area contributed by atoms with Crippen LogP contribution in [0, 0.1) is 11.3 Å². The third-order valence-corrected chi connectivity index (χ3v) is 5.83. The fourth-order valence-electron chi connectivity index (χ4n) is 3.39. The SMILES string of the molecule is CCOc1cc(/C=C(/C#N)C(=O)N[C@H](C)c2ccccc2)cc(Br)c1OCc1ccc(C(=O)O)cc1. The smallest absolute Gasteiger partial charge is 0.335 e. The molecule has 0 heterocycles. The average Bonchev–Trinajstić information content (AvgIpc) is 2.87. The summed E-state index contributed by atoms with van der Waals surface area (Å²) in [7, 11) is 0. The zero-order chi connectivity index (χ0) is 26.1. The van der Waals surface area contributed by atoms with Gasteiger partial charge in [-0.25, -0.2) is 4.79 Å². The molecule has 0 bridgehead atoms. The molecule has 0 saturated carbocycles. The van der Waals surface area contributed by atoms with Gasteiger partial charge in [0.2, 0.25) is 0 Å². The molecule has 0 radical (unpaired) electrons. The number of carbonyl (C=O) groups excluding carboxylic acids is 1. The van der Waals surface area contributed by atoms with Gasteiger partial charge in [0.15, 0.2) is 11.5 Å². The number of hydrogen-bond acceptors (Lipinski definition) is 5. The minimum absolute atomic E-state index is 0.0423. The Morgan fingerprint density at radius 2 is 1.81 bits per heavy atom. The van der Waals surface area contributed by atoms with Gasteiger partial charge in [-0.2, -0.15) is 5.26 Å². The molecule has 184 valence electrons. The lowest BCUT2D eigenvalue weighted by molar-refractivity contribution is -0.117. The van der Waals surface area contributed by atoms with Crippen molar-refractivity contribution in [3.05, 3.63) is 99.0 Å². The number of benzene rings is 3. The van der Waals surface area contributed by atoms with Gasteiger partial charge >= 0.3 is 5.97 Å². The molecule has 3 aromatic carbocycles. The highest BCUT2D eigenvalue weighted by atomic mass is 79.9. The molecule has 0 saturated heterocycles. The lowest BCUT2D eigenvalue weighted by Crippen LogP contribution is -2.27. The molecule has 8 heteroatoms. The minimum atomic E-state index is -0.993. The van der Waals surface area contributed by atoms with E-state index in [1.165, 1.54) is 18.2 Å². The van der Waals surface area contributed by atoms with Gasteiger partial charge in [0.1, 0.15) is 18.2 Å². The van der Waals surface area contributed by atoms with Crippen LogP contribution < -0.4 is 14.8 Å². The molecular weight excluding hydrogens is 524 g/mol. The van der Waals surface area contributed by atoms with Crippen molar-refractivity contribution in [3.63, 3.8) is 0 Å². The molecule has 7 nitrogen and oxygen atoms in total. The number of carbonyl (C=O) groups is 2. The van der Waals surface area contributed by atoms with Crippen molar-refractivity contribution in [2.75, 3.05) is 6.61 Å². The van der Waals surface area contributed by atoms with Crippen LogP contribution in [0.15, 0.2) is 76.8 Å². The number of ether oxygens (including phenoxy) is 2. The number of carboxylic acid groups (broad SMARTS) is 1. The molecule has 0 spiro atoms. The zero-order valence-corrected chi connectivity index (χ0v) is 21.4. The van der Waals surface area contributed by atoms with Crippen LogP contribution >= 0.6 is 15.9 Å². The average molecular weight is 549 g/mol. The highest BCUT2D eigenvalue weighted by Crippen LogP contribution is 2.38. The van der Waals surface area contributed by atoms with E-state index in [2.05, 4.69) is 21.2 Å². The largest absolute Gasteiger partial charge is 0.490 e. The van der Waals surface area contributed by atoms with Crippen LogP contribution in [0.3, 0.4) is 0 Å². The van der Waals surface area contributed by atoms with Crippen LogP contribution in [-0.2, 0) is 11.4 Å². The van der Waals surface area contributed by atoms with Crippen LogP contribution in [0.4, 0.5) is 0 Å². The van der Waals surface area contributed by atoms with Gasteiger partial charge in [0.25, 0.3) is 5.91 Å². The number of rotatable bonds is 10. The van der Waals surface area contributed by atoms with Gasteiger partial charge in [-0.1, -0.05) is 42.5 Å². The standard InChI is InChI=1S/C28H25BrN2O5/c1-3-35-25-15-20(13-23(16-30)27(32)31-18(2)21-7-5-4-6-8-21)14-24(29)26(25)36-17-19-9-11-22(12-10-19)28(33)34/h4-15,18H,3,17H2,1-2H3,(H,31,32)(H,33,34)/b23-13-/t18-/m1/s1. The van der Waals surface area contributed by atoms with Crippen molar-refractivity contribution in [3.8, 4) is 17.6 Å². The first-order valence-electron chi connectivity index (χ1n) is 11.2. The summed E-state index contributed by atoms with van der Waals surface area (Å²) >= 11 is 3.50. The van der Waals surface area contributed by atoms with E-state index in [9.17, 15) is 14.9 Å². The first-order chi connectivity index (χ1) is 17.3.